The summed E-state index contributed by atoms with van der Waals surface area (Å²) in [5.41, 5.74) is -1.71. The van der Waals surface area contributed by atoms with Gasteiger partial charge in [-0.15, -0.1) is 0 Å². The third-order valence-electron chi connectivity index (χ3n) is 7.88. The van der Waals surface area contributed by atoms with E-state index in [0.717, 1.165) is 13.2 Å². The van der Waals surface area contributed by atoms with Crippen molar-refractivity contribution in [1.29, 1.82) is 0 Å². The predicted molar refractivity (Wildman–Crippen MR) is 143 cm³/mol. The molecule has 1 aromatic heterocycles. The number of rotatable bonds is 6. The van der Waals surface area contributed by atoms with Gasteiger partial charge < -0.3 is 69.7 Å². The number of ether oxygens (including phenoxy) is 3. The molecule has 15 nitrogen and oxygen atoms in total. The molecule has 0 bridgehead atoms. The van der Waals surface area contributed by atoms with Crippen LogP contribution >= 0.6 is 0 Å². The van der Waals surface area contributed by atoms with Crippen molar-refractivity contribution < 1.29 is 69.7 Å². The van der Waals surface area contributed by atoms with Gasteiger partial charge >= 0.3 is 0 Å². The summed E-state index contributed by atoms with van der Waals surface area (Å²) in [6, 6.07) is 6.56. The minimum atomic E-state index is -1.94. The lowest BCUT2D eigenvalue weighted by molar-refractivity contribution is -0.233. The molecular formula is C28H32O15. The molecule has 10 atom stereocenters. The number of methoxy groups -OCH3 is 1. The van der Waals surface area contributed by atoms with E-state index in [1.165, 1.54) is 24.3 Å². The van der Waals surface area contributed by atoms with Gasteiger partial charge in [0.25, 0.3) is 0 Å². The molecule has 0 radical (unpaired) electrons. The average Bonchev–Trinajstić information content (AvgIpc) is 2.99. The third kappa shape index (κ3) is 5.12. The van der Waals surface area contributed by atoms with Crippen LogP contribution in [0.4, 0.5) is 0 Å². The third-order valence-corrected chi connectivity index (χ3v) is 7.88. The van der Waals surface area contributed by atoms with E-state index in [1.54, 1.807) is 0 Å². The number of hydrogen-bond acceptors (Lipinski definition) is 15. The fraction of sp³-hybridized carbons (Fsp3) is 0.464. The molecule has 3 aromatic rings. The van der Waals surface area contributed by atoms with Gasteiger partial charge in [-0.05, 0) is 24.3 Å². The van der Waals surface area contributed by atoms with E-state index < -0.39 is 108 Å². The fourth-order valence-corrected chi connectivity index (χ4v) is 5.59. The van der Waals surface area contributed by atoms with E-state index >= 15 is 0 Å². The standard InChI is InChI=1S/C28H32O15/c1-40-25-16(27-23(38)21(36)18(33)13(7-29)42-27)20(35)15-11(32)6-12(9-2-4-10(31)5-3-9)41-26(15)17(25)28-24(39)22(37)19(34)14(8-30)43-28/h2-6,13-14,18-19,21-24,27-31,33-39H,7-8H2,1H3/t13-,14-,18+,19-,21-,22-,23+,24+,27-,28-/m0/s1. The maximum absolute atomic E-state index is 13.6. The highest BCUT2D eigenvalue weighted by Gasteiger charge is 2.50. The Morgan fingerprint density at radius 2 is 1.26 bits per heavy atom. The molecule has 234 valence electrons. The molecule has 0 aliphatic carbocycles. The van der Waals surface area contributed by atoms with Crippen LogP contribution in [0, 0.1) is 0 Å². The average molecular weight is 609 g/mol. The zero-order chi connectivity index (χ0) is 31.3. The predicted octanol–water partition coefficient (Wildman–Crippen LogP) is -2.09. The number of phenols is 2. The Labute approximate surface area is 242 Å². The van der Waals surface area contributed by atoms with Crippen molar-refractivity contribution in [3.8, 4) is 28.6 Å². The first-order valence-corrected chi connectivity index (χ1v) is 13.3. The van der Waals surface area contributed by atoms with Crippen molar-refractivity contribution in [2.24, 2.45) is 0 Å². The van der Waals surface area contributed by atoms with Crippen molar-refractivity contribution in [1.82, 2.24) is 0 Å². The zero-order valence-electron chi connectivity index (χ0n) is 22.6. The van der Waals surface area contributed by atoms with Gasteiger partial charge in [0.1, 0.15) is 89.4 Å². The monoisotopic (exact) mass is 608 g/mol. The van der Waals surface area contributed by atoms with Gasteiger partial charge in [0, 0.05) is 11.6 Å². The molecule has 0 amide bonds. The molecule has 0 unspecified atom stereocenters. The van der Waals surface area contributed by atoms with Crippen molar-refractivity contribution >= 4 is 11.0 Å². The minimum absolute atomic E-state index is 0.0645. The lowest BCUT2D eigenvalue weighted by Crippen LogP contribution is -2.55. The number of aliphatic hydroxyl groups is 8. The van der Waals surface area contributed by atoms with Gasteiger partial charge in [0.05, 0.1) is 31.5 Å². The summed E-state index contributed by atoms with van der Waals surface area (Å²) < 4.78 is 23.0. The Morgan fingerprint density at radius 3 is 1.74 bits per heavy atom. The summed E-state index contributed by atoms with van der Waals surface area (Å²) in [5.74, 6) is -1.39. The SMILES string of the molecule is COc1c([C@@H]2O[C@@H](CO)[C@@H](O)[C@H](O)[C@H]2O)c(O)c2c(=O)cc(-c3ccc(O)cc3)oc2c1[C@@H]1O[C@@H](CO)[C@H](O)[C@H](O)[C@H]1O. The number of aliphatic hydroxyl groups excluding tert-OH is 8. The van der Waals surface area contributed by atoms with Crippen LogP contribution in [0.3, 0.4) is 0 Å². The molecule has 3 heterocycles. The number of hydrogen-bond donors (Lipinski definition) is 10. The smallest absolute Gasteiger partial charge is 0.197 e. The van der Waals surface area contributed by atoms with Crippen molar-refractivity contribution in [3.05, 3.63) is 51.7 Å². The zero-order valence-corrected chi connectivity index (χ0v) is 22.6. The van der Waals surface area contributed by atoms with Gasteiger partial charge in [-0.25, -0.2) is 0 Å². The first kappa shape index (κ1) is 31.1. The normalized spacial score (nSPS) is 33.0. The fourth-order valence-electron chi connectivity index (χ4n) is 5.59. The van der Waals surface area contributed by atoms with E-state index in [0.29, 0.717) is 5.56 Å². The quantitative estimate of drug-likeness (QED) is 0.144. The molecule has 10 N–H and O–H groups in total. The Hall–Kier alpha value is -3.35. The second-order valence-electron chi connectivity index (χ2n) is 10.4. The molecular weight excluding hydrogens is 576 g/mol. The van der Waals surface area contributed by atoms with E-state index in [4.69, 9.17) is 18.6 Å². The summed E-state index contributed by atoms with van der Waals surface area (Å²) in [6.07, 6.45) is -17.4. The Morgan fingerprint density at radius 1 is 0.744 bits per heavy atom. The molecule has 2 saturated heterocycles. The molecule has 2 aliphatic heterocycles. The topological polar surface area (TPSA) is 260 Å². The number of benzene rings is 2. The highest BCUT2D eigenvalue weighted by molar-refractivity contribution is 5.92. The Balaban J connectivity index is 1.85. The second kappa shape index (κ2) is 12.0. The van der Waals surface area contributed by atoms with Gasteiger partial charge in [0.2, 0.25) is 0 Å². The van der Waals surface area contributed by atoms with Crippen molar-refractivity contribution in [2.75, 3.05) is 20.3 Å². The first-order chi connectivity index (χ1) is 20.4. The van der Waals surface area contributed by atoms with Crippen LogP contribution in [0.5, 0.6) is 17.2 Å². The van der Waals surface area contributed by atoms with Crippen LogP contribution in [-0.2, 0) is 9.47 Å². The molecule has 43 heavy (non-hydrogen) atoms. The first-order valence-electron chi connectivity index (χ1n) is 13.3. The number of phenolic OH excluding ortho intramolecular Hbond substituents is 2. The van der Waals surface area contributed by atoms with Crippen LogP contribution in [0.25, 0.3) is 22.3 Å². The van der Waals surface area contributed by atoms with E-state index in [9.17, 15) is 55.9 Å². The van der Waals surface area contributed by atoms with Gasteiger partial charge in [-0.3, -0.25) is 4.79 Å². The highest BCUT2D eigenvalue weighted by Crippen LogP contribution is 2.51. The largest absolute Gasteiger partial charge is 0.508 e. The van der Waals surface area contributed by atoms with Crippen LogP contribution in [0.15, 0.2) is 39.5 Å². The maximum Gasteiger partial charge on any atom is 0.197 e. The summed E-state index contributed by atoms with van der Waals surface area (Å²) in [7, 11) is 1.11. The van der Waals surface area contributed by atoms with Crippen LogP contribution in [0.2, 0.25) is 0 Å². The van der Waals surface area contributed by atoms with Crippen molar-refractivity contribution in [3.63, 3.8) is 0 Å². The molecule has 15 heteroatoms. The Kier molecular flexibility index (Phi) is 8.65. The minimum Gasteiger partial charge on any atom is -0.508 e. The van der Waals surface area contributed by atoms with Crippen LogP contribution in [0.1, 0.15) is 23.3 Å². The molecule has 0 saturated carbocycles. The summed E-state index contributed by atoms with van der Waals surface area (Å²) >= 11 is 0. The van der Waals surface area contributed by atoms with Gasteiger partial charge in [-0.1, -0.05) is 0 Å². The molecule has 2 aromatic carbocycles. The summed E-state index contributed by atoms with van der Waals surface area (Å²) in [6.45, 7) is -1.61. The summed E-state index contributed by atoms with van der Waals surface area (Å²) in [4.78, 5) is 13.6. The van der Waals surface area contributed by atoms with Gasteiger partial charge in [0.15, 0.2) is 11.0 Å². The van der Waals surface area contributed by atoms with E-state index in [2.05, 4.69) is 0 Å². The number of aromatic hydroxyl groups is 2. The molecule has 2 aliphatic rings. The molecule has 0 spiro atoms. The van der Waals surface area contributed by atoms with Crippen LogP contribution < -0.4 is 10.2 Å². The lowest BCUT2D eigenvalue weighted by Gasteiger charge is -2.42. The molecule has 2 fully saturated rings. The Bertz CT molecular complexity index is 1520. The number of fused-ring (bicyclic) bond motifs is 1. The highest BCUT2D eigenvalue weighted by atomic mass is 16.6. The van der Waals surface area contributed by atoms with E-state index in [-0.39, 0.29) is 17.1 Å². The second-order valence-corrected chi connectivity index (χ2v) is 10.4. The molecule has 5 rings (SSSR count). The maximum atomic E-state index is 13.6. The van der Waals surface area contributed by atoms with Crippen LogP contribution in [-0.4, -0.2) is 120 Å². The summed E-state index contributed by atoms with van der Waals surface area (Å²) in [5, 5.41) is 104. The lowest BCUT2D eigenvalue weighted by atomic mass is 9.85. The van der Waals surface area contributed by atoms with Crippen molar-refractivity contribution in [2.45, 2.75) is 61.0 Å². The van der Waals surface area contributed by atoms with E-state index in [1.807, 2.05) is 0 Å². The van der Waals surface area contributed by atoms with Gasteiger partial charge in [-0.2, -0.15) is 0 Å².